The molecule has 27 heavy (non-hydrogen) atoms. The molecular formula is C19H13ClF4O3. The highest BCUT2D eigenvalue weighted by molar-refractivity contribution is 6.30. The zero-order valence-electron chi connectivity index (χ0n) is 14.0. The standard InChI is InChI=1S/C19H13ClF4O3/c1-2-12-15(26-9-10-3-5-11(20)6-4-10)7-13(21)17-14(25)8-16(19(22,23)24)27-18(12)17/h3-8H,2,9H2,1H3. The first-order valence-electron chi connectivity index (χ1n) is 7.94. The van der Waals surface area contributed by atoms with Gasteiger partial charge < -0.3 is 9.15 Å². The Morgan fingerprint density at radius 3 is 2.41 bits per heavy atom. The largest absolute Gasteiger partial charge is 0.488 e. The Morgan fingerprint density at radius 2 is 1.81 bits per heavy atom. The van der Waals surface area contributed by atoms with E-state index in [0.717, 1.165) is 11.6 Å². The van der Waals surface area contributed by atoms with Crippen LogP contribution in [0.15, 0.2) is 45.6 Å². The SMILES string of the molecule is CCc1c(OCc2ccc(Cl)cc2)cc(F)c2c(=O)cc(C(F)(F)F)oc12. The maximum absolute atomic E-state index is 14.4. The van der Waals surface area contributed by atoms with Crippen molar-refractivity contribution in [1.82, 2.24) is 0 Å². The van der Waals surface area contributed by atoms with Crippen LogP contribution < -0.4 is 10.2 Å². The van der Waals surface area contributed by atoms with E-state index < -0.39 is 34.2 Å². The van der Waals surface area contributed by atoms with Crippen molar-refractivity contribution >= 4 is 22.6 Å². The van der Waals surface area contributed by atoms with E-state index in [-0.39, 0.29) is 30.4 Å². The average Bonchev–Trinajstić information content (AvgIpc) is 2.60. The van der Waals surface area contributed by atoms with Gasteiger partial charge >= 0.3 is 6.18 Å². The number of halogens is 5. The predicted octanol–water partition coefficient (Wildman–Crippen LogP) is 5.75. The quantitative estimate of drug-likeness (QED) is 0.524. The first-order chi connectivity index (χ1) is 12.7. The molecule has 0 amide bonds. The Hall–Kier alpha value is -2.54. The fourth-order valence-corrected chi connectivity index (χ4v) is 2.79. The molecule has 0 unspecified atom stereocenters. The lowest BCUT2D eigenvalue weighted by molar-refractivity contribution is -0.152. The summed E-state index contributed by atoms with van der Waals surface area (Å²) in [5.41, 5.74) is -0.639. The van der Waals surface area contributed by atoms with E-state index in [0.29, 0.717) is 5.02 Å². The minimum Gasteiger partial charge on any atom is -0.488 e. The molecule has 2 aromatic carbocycles. The Bertz CT molecular complexity index is 1040. The molecule has 0 fully saturated rings. The van der Waals surface area contributed by atoms with Crippen molar-refractivity contribution in [2.24, 2.45) is 0 Å². The minimum absolute atomic E-state index is 0.0138. The van der Waals surface area contributed by atoms with Gasteiger partial charge in [-0.15, -0.1) is 0 Å². The summed E-state index contributed by atoms with van der Waals surface area (Å²) in [7, 11) is 0. The van der Waals surface area contributed by atoms with Gasteiger partial charge in [0.2, 0.25) is 5.76 Å². The van der Waals surface area contributed by atoms with E-state index in [2.05, 4.69) is 0 Å². The van der Waals surface area contributed by atoms with Gasteiger partial charge in [0.05, 0.1) is 0 Å². The van der Waals surface area contributed by atoms with Gasteiger partial charge in [0, 0.05) is 22.7 Å². The third-order valence-corrected chi connectivity index (χ3v) is 4.21. The molecule has 1 aromatic heterocycles. The fraction of sp³-hybridized carbons (Fsp3) is 0.211. The number of rotatable bonds is 4. The topological polar surface area (TPSA) is 39.4 Å². The van der Waals surface area contributed by atoms with Gasteiger partial charge in [-0.25, -0.2) is 4.39 Å². The number of benzene rings is 2. The number of aryl methyl sites for hydroxylation is 1. The summed E-state index contributed by atoms with van der Waals surface area (Å²) < 4.78 is 63.7. The van der Waals surface area contributed by atoms with Gasteiger partial charge in [0.15, 0.2) is 5.43 Å². The molecule has 3 rings (SSSR count). The van der Waals surface area contributed by atoms with Crippen LogP contribution in [0.4, 0.5) is 17.6 Å². The van der Waals surface area contributed by atoms with Crippen molar-refractivity contribution in [2.75, 3.05) is 0 Å². The van der Waals surface area contributed by atoms with Gasteiger partial charge in [-0.2, -0.15) is 13.2 Å². The smallest absolute Gasteiger partial charge is 0.449 e. The molecule has 3 aromatic rings. The second-order valence-corrected chi connectivity index (χ2v) is 6.22. The van der Waals surface area contributed by atoms with E-state index in [4.69, 9.17) is 20.8 Å². The monoisotopic (exact) mass is 400 g/mol. The van der Waals surface area contributed by atoms with Gasteiger partial charge in [-0.1, -0.05) is 30.7 Å². The molecule has 0 atom stereocenters. The second kappa shape index (κ2) is 7.23. The highest BCUT2D eigenvalue weighted by Crippen LogP contribution is 2.35. The summed E-state index contributed by atoms with van der Waals surface area (Å²) in [6.07, 6.45) is -4.69. The molecule has 0 aliphatic heterocycles. The number of ether oxygens (including phenoxy) is 1. The van der Waals surface area contributed by atoms with Crippen molar-refractivity contribution in [3.8, 4) is 5.75 Å². The summed E-state index contributed by atoms with van der Waals surface area (Å²) >= 11 is 5.80. The third-order valence-electron chi connectivity index (χ3n) is 3.96. The number of hydrogen-bond acceptors (Lipinski definition) is 3. The van der Waals surface area contributed by atoms with Crippen LogP contribution in [0, 0.1) is 5.82 Å². The van der Waals surface area contributed by atoms with Crippen LogP contribution >= 0.6 is 11.6 Å². The molecule has 3 nitrogen and oxygen atoms in total. The molecule has 0 spiro atoms. The average molecular weight is 401 g/mol. The van der Waals surface area contributed by atoms with Crippen LogP contribution in [0.1, 0.15) is 23.8 Å². The highest BCUT2D eigenvalue weighted by Gasteiger charge is 2.35. The van der Waals surface area contributed by atoms with Crippen LogP contribution in [-0.2, 0) is 19.2 Å². The van der Waals surface area contributed by atoms with Crippen LogP contribution in [0.3, 0.4) is 0 Å². The molecule has 0 saturated heterocycles. The Morgan fingerprint density at radius 1 is 1.15 bits per heavy atom. The molecule has 8 heteroatoms. The summed E-state index contributed by atoms with van der Waals surface area (Å²) in [6.45, 7) is 1.68. The van der Waals surface area contributed by atoms with Crippen molar-refractivity contribution in [2.45, 2.75) is 26.1 Å². The Balaban J connectivity index is 2.10. The van der Waals surface area contributed by atoms with Gasteiger partial charge in [0.1, 0.15) is 29.1 Å². The van der Waals surface area contributed by atoms with E-state index in [1.807, 2.05) is 0 Å². The van der Waals surface area contributed by atoms with Gasteiger partial charge in [-0.05, 0) is 24.1 Å². The first-order valence-corrected chi connectivity index (χ1v) is 8.32. The van der Waals surface area contributed by atoms with E-state index in [9.17, 15) is 22.4 Å². The van der Waals surface area contributed by atoms with Crippen LogP contribution in [0.2, 0.25) is 5.02 Å². The lowest BCUT2D eigenvalue weighted by Crippen LogP contribution is -2.13. The van der Waals surface area contributed by atoms with E-state index in [1.165, 1.54) is 0 Å². The number of alkyl halides is 3. The normalized spacial score (nSPS) is 11.8. The van der Waals surface area contributed by atoms with Crippen LogP contribution in [0.5, 0.6) is 5.75 Å². The Labute approximate surface area is 156 Å². The van der Waals surface area contributed by atoms with E-state index >= 15 is 0 Å². The molecule has 0 aliphatic rings. The molecule has 0 aliphatic carbocycles. The number of fused-ring (bicyclic) bond motifs is 1. The fourth-order valence-electron chi connectivity index (χ4n) is 2.66. The molecule has 0 saturated carbocycles. The lowest BCUT2D eigenvalue weighted by Gasteiger charge is -2.14. The Kier molecular flexibility index (Phi) is 5.15. The predicted molar refractivity (Wildman–Crippen MR) is 92.6 cm³/mol. The van der Waals surface area contributed by atoms with Crippen molar-refractivity contribution in [1.29, 1.82) is 0 Å². The van der Waals surface area contributed by atoms with Crippen molar-refractivity contribution < 1.29 is 26.7 Å². The maximum atomic E-state index is 14.4. The van der Waals surface area contributed by atoms with Crippen molar-refractivity contribution in [3.05, 3.63) is 74.3 Å². The summed E-state index contributed by atoms with van der Waals surface area (Å²) in [5.74, 6) is -2.47. The van der Waals surface area contributed by atoms with E-state index in [1.54, 1.807) is 31.2 Å². The highest BCUT2D eigenvalue weighted by atomic mass is 35.5. The zero-order chi connectivity index (χ0) is 19.8. The molecule has 0 bridgehead atoms. The second-order valence-electron chi connectivity index (χ2n) is 5.78. The summed E-state index contributed by atoms with van der Waals surface area (Å²) in [6, 6.07) is 7.94. The number of hydrogen-bond donors (Lipinski definition) is 0. The summed E-state index contributed by atoms with van der Waals surface area (Å²) in [4.78, 5) is 12.0. The molecule has 1 heterocycles. The summed E-state index contributed by atoms with van der Waals surface area (Å²) in [5, 5.41) is 0.00453. The van der Waals surface area contributed by atoms with Gasteiger partial charge in [-0.3, -0.25) is 4.79 Å². The zero-order valence-corrected chi connectivity index (χ0v) is 14.7. The molecule has 0 radical (unpaired) electrons. The van der Waals surface area contributed by atoms with Crippen molar-refractivity contribution in [3.63, 3.8) is 0 Å². The molecular weight excluding hydrogens is 388 g/mol. The third kappa shape index (κ3) is 3.93. The van der Waals surface area contributed by atoms with Crippen LogP contribution in [-0.4, -0.2) is 0 Å². The first kappa shape index (κ1) is 19.2. The lowest BCUT2D eigenvalue weighted by atomic mass is 10.1. The van der Waals surface area contributed by atoms with Crippen LogP contribution in [0.25, 0.3) is 11.0 Å². The maximum Gasteiger partial charge on any atom is 0.449 e. The molecule has 0 N–H and O–H groups in total. The minimum atomic E-state index is -4.87. The molecule has 142 valence electrons. The van der Waals surface area contributed by atoms with Gasteiger partial charge in [0.25, 0.3) is 0 Å².